The molecule has 2 nitrogen and oxygen atoms in total. The maximum Gasteiger partial charge on any atom is 0.0196 e. The lowest BCUT2D eigenvalue weighted by Crippen LogP contribution is -2.40. The van der Waals surface area contributed by atoms with Crippen molar-refractivity contribution in [2.75, 3.05) is 25.9 Å². The number of nitrogens with zero attached hydrogens (tertiary/aromatic N) is 1. The molecular formula is C12H24N2S. The van der Waals surface area contributed by atoms with E-state index in [0.29, 0.717) is 0 Å². The van der Waals surface area contributed by atoms with Gasteiger partial charge in [-0.25, -0.2) is 0 Å². The van der Waals surface area contributed by atoms with Gasteiger partial charge in [0.1, 0.15) is 0 Å². The molecule has 0 aromatic carbocycles. The van der Waals surface area contributed by atoms with Crippen LogP contribution in [0.3, 0.4) is 0 Å². The third kappa shape index (κ3) is 3.11. The molecule has 0 aromatic rings. The minimum atomic E-state index is 0.830. The van der Waals surface area contributed by atoms with Gasteiger partial charge in [-0.2, -0.15) is 11.8 Å². The summed E-state index contributed by atoms with van der Waals surface area (Å²) in [4.78, 5) is 2.67. The van der Waals surface area contributed by atoms with Crippen LogP contribution in [0.15, 0.2) is 0 Å². The molecule has 0 aliphatic carbocycles. The Labute approximate surface area is 98.2 Å². The van der Waals surface area contributed by atoms with Gasteiger partial charge in [0.05, 0.1) is 0 Å². The second kappa shape index (κ2) is 5.55. The van der Waals surface area contributed by atoms with Crippen molar-refractivity contribution in [2.45, 2.75) is 49.9 Å². The molecule has 15 heavy (non-hydrogen) atoms. The van der Waals surface area contributed by atoms with Crippen LogP contribution in [0, 0.1) is 0 Å². The zero-order chi connectivity index (χ0) is 10.7. The van der Waals surface area contributed by atoms with Gasteiger partial charge in [0.15, 0.2) is 0 Å². The van der Waals surface area contributed by atoms with Crippen LogP contribution in [0.4, 0.5) is 0 Å². The molecule has 3 unspecified atom stereocenters. The highest BCUT2D eigenvalue weighted by atomic mass is 32.2. The van der Waals surface area contributed by atoms with Crippen molar-refractivity contribution in [1.29, 1.82) is 0 Å². The van der Waals surface area contributed by atoms with E-state index in [0.717, 1.165) is 17.3 Å². The van der Waals surface area contributed by atoms with Crippen molar-refractivity contribution in [3.05, 3.63) is 0 Å². The summed E-state index contributed by atoms with van der Waals surface area (Å²) in [6.45, 7) is 4.80. The van der Waals surface area contributed by atoms with E-state index >= 15 is 0 Å². The highest BCUT2D eigenvalue weighted by molar-refractivity contribution is 8.00. The van der Waals surface area contributed by atoms with Crippen LogP contribution in [0.5, 0.6) is 0 Å². The lowest BCUT2D eigenvalue weighted by atomic mass is 10.0. The van der Waals surface area contributed by atoms with Gasteiger partial charge in [-0.3, -0.25) is 4.90 Å². The Morgan fingerprint density at radius 2 is 2.07 bits per heavy atom. The molecule has 1 N–H and O–H groups in total. The molecule has 2 fully saturated rings. The zero-order valence-corrected chi connectivity index (χ0v) is 10.9. The molecule has 88 valence electrons. The van der Waals surface area contributed by atoms with Gasteiger partial charge < -0.3 is 5.32 Å². The molecule has 0 radical (unpaired) electrons. The molecule has 3 atom stereocenters. The highest BCUT2D eigenvalue weighted by Crippen LogP contribution is 2.30. The summed E-state index contributed by atoms with van der Waals surface area (Å²) in [6, 6.07) is 1.67. The minimum absolute atomic E-state index is 0.830. The Morgan fingerprint density at radius 3 is 2.80 bits per heavy atom. The first-order valence-electron chi connectivity index (χ1n) is 6.31. The third-order valence-electron chi connectivity index (χ3n) is 3.87. The Bertz CT molecular complexity index is 190. The van der Waals surface area contributed by atoms with Crippen molar-refractivity contribution in [3.63, 3.8) is 0 Å². The van der Waals surface area contributed by atoms with Crippen molar-refractivity contribution in [2.24, 2.45) is 0 Å². The smallest absolute Gasteiger partial charge is 0.0196 e. The average Bonchev–Trinajstić information content (AvgIpc) is 2.53. The van der Waals surface area contributed by atoms with Gasteiger partial charge in [0.25, 0.3) is 0 Å². The molecule has 0 spiro atoms. The Kier molecular flexibility index (Phi) is 4.35. The van der Waals surface area contributed by atoms with Gasteiger partial charge in [-0.1, -0.05) is 6.92 Å². The van der Waals surface area contributed by atoms with Gasteiger partial charge in [-0.05, 0) is 45.8 Å². The van der Waals surface area contributed by atoms with E-state index in [1.54, 1.807) is 0 Å². The van der Waals surface area contributed by atoms with Crippen LogP contribution in [-0.4, -0.2) is 48.1 Å². The van der Waals surface area contributed by atoms with Crippen molar-refractivity contribution in [3.8, 4) is 0 Å². The number of hydrogen-bond acceptors (Lipinski definition) is 3. The van der Waals surface area contributed by atoms with Crippen molar-refractivity contribution >= 4 is 11.8 Å². The van der Waals surface area contributed by atoms with E-state index in [1.807, 2.05) is 0 Å². The van der Waals surface area contributed by atoms with Crippen LogP contribution in [-0.2, 0) is 0 Å². The van der Waals surface area contributed by atoms with E-state index in [4.69, 9.17) is 0 Å². The number of rotatable bonds is 2. The van der Waals surface area contributed by atoms with Gasteiger partial charge >= 0.3 is 0 Å². The van der Waals surface area contributed by atoms with E-state index < -0.39 is 0 Å². The summed E-state index contributed by atoms with van der Waals surface area (Å²) in [5.74, 6) is 1.35. The minimum Gasteiger partial charge on any atom is -0.317 e. The van der Waals surface area contributed by atoms with E-state index in [2.05, 4.69) is 35.9 Å². The van der Waals surface area contributed by atoms with Crippen molar-refractivity contribution < 1.29 is 0 Å². The average molecular weight is 228 g/mol. The molecule has 2 aliphatic heterocycles. The Balaban J connectivity index is 1.85. The molecule has 2 heterocycles. The standard InChI is InChI=1S/C12H24N2S/c1-10-8-12(9-15-10)14(2)11-4-3-6-13-7-5-11/h10-13H,3-9H2,1-2H3. The molecule has 0 aromatic heterocycles. The second-order valence-electron chi connectivity index (χ2n) is 5.03. The summed E-state index contributed by atoms with van der Waals surface area (Å²) in [6.07, 6.45) is 5.47. The van der Waals surface area contributed by atoms with E-state index in [9.17, 15) is 0 Å². The molecule has 2 saturated heterocycles. The topological polar surface area (TPSA) is 15.3 Å². The lowest BCUT2D eigenvalue weighted by Gasteiger charge is -2.32. The predicted octanol–water partition coefficient (Wildman–Crippen LogP) is 1.95. The van der Waals surface area contributed by atoms with Gasteiger partial charge in [0, 0.05) is 23.1 Å². The SMILES string of the molecule is CC1CC(N(C)C2CCCNCC2)CS1. The molecule has 0 amide bonds. The fraction of sp³-hybridized carbons (Fsp3) is 1.00. The fourth-order valence-electron chi connectivity index (χ4n) is 2.78. The first-order valence-corrected chi connectivity index (χ1v) is 7.36. The molecule has 2 rings (SSSR count). The van der Waals surface area contributed by atoms with Gasteiger partial charge in [-0.15, -0.1) is 0 Å². The molecule has 3 heteroatoms. The Morgan fingerprint density at radius 1 is 1.20 bits per heavy atom. The summed E-state index contributed by atoms with van der Waals surface area (Å²) in [5.41, 5.74) is 0. The highest BCUT2D eigenvalue weighted by Gasteiger charge is 2.29. The normalized spacial score (nSPS) is 38.2. The molecule has 0 bridgehead atoms. The second-order valence-corrected chi connectivity index (χ2v) is 6.51. The summed E-state index contributed by atoms with van der Waals surface area (Å²) in [5, 5.41) is 4.38. The molecule has 0 saturated carbocycles. The Hall–Kier alpha value is 0.270. The molecule has 2 aliphatic rings. The summed E-state index contributed by atoms with van der Waals surface area (Å²) < 4.78 is 0. The fourth-order valence-corrected chi connectivity index (χ4v) is 4.06. The van der Waals surface area contributed by atoms with Gasteiger partial charge in [0.2, 0.25) is 0 Å². The zero-order valence-electron chi connectivity index (χ0n) is 10.0. The maximum atomic E-state index is 3.50. The lowest BCUT2D eigenvalue weighted by molar-refractivity contribution is 0.171. The maximum absolute atomic E-state index is 3.50. The first-order chi connectivity index (χ1) is 7.27. The van der Waals surface area contributed by atoms with Crippen LogP contribution in [0.25, 0.3) is 0 Å². The number of nitrogens with one attached hydrogen (secondary N) is 1. The third-order valence-corrected chi connectivity index (χ3v) is 5.21. The van der Waals surface area contributed by atoms with E-state index in [-0.39, 0.29) is 0 Å². The van der Waals surface area contributed by atoms with Crippen LogP contribution >= 0.6 is 11.8 Å². The van der Waals surface area contributed by atoms with Crippen LogP contribution in [0.2, 0.25) is 0 Å². The quantitative estimate of drug-likeness (QED) is 0.778. The van der Waals surface area contributed by atoms with E-state index in [1.165, 1.54) is 44.5 Å². The van der Waals surface area contributed by atoms with Crippen molar-refractivity contribution in [1.82, 2.24) is 10.2 Å². The number of thioether (sulfide) groups is 1. The molecular weight excluding hydrogens is 204 g/mol. The van der Waals surface area contributed by atoms with Crippen LogP contribution < -0.4 is 5.32 Å². The largest absolute Gasteiger partial charge is 0.317 e. The monoisotopic (exact) mass is 228 g/mol. The summed E-state index contributed by atoms with van der Waals surface area (Å²) >= 11 is 2.15. The number of hydrogen-bond donors (Lipinski definition) is 1. The predicted molar refractivity (Wildman–Crippen MR) is 68.6 cm³/mol. The first kappa shape index (κ1) is 11.7. The van der Waals surface area contributed by atoms with Crippen LogP contribution in [0.1, 0.15) is 32.6 Å². The summed E-state index contributed by atoms with van der Waals surface area (Å²) in [7, 11) is 2.35.